The molecule has 2 aromatic heterocycles. The van der Waals surface area contributed by atoms with Crippen LogP contribution in [0.1, 0.15) is 111 Å². The van der Waals surface area contributed by atoms with Crippen LogP contribution in [0.2, 0.25) is 0 Å². The normalized spacial score (nSPS) is 13.8. The van der Waals surface area contributed by atoms with E-state index in [1.807, 2.05) is 11.3 Å². The van der Waals surface area contributed by atoms with E-state index in [0.29, 0.717) is 0 Å². The molecule has 2 aliphatic rings. The second-order valence-corrected chi connectivity index (χ2v) is 24.8. The lowest BCUT2D eigenvalue weighted by Crippen LogP contribution is -2.58. The Kier molecular flexibility index (Phi) is 9.85. The standard InChI is InChI=1S/C62H64BN3OS/c1-37-31-52-56-53(32-37)67-57-46-33-40(61(8,9)10)24-30-54(46)68-58(57)63(56)47-34-41(62(11,12)13)23-29-49(47)66(52)44-35-50-55(45-17-15-16-18-48(45)64(50)14)51(36-44)65(42-25-19-38(20-26-42)59(2,3)4)43-27-21-39(22-28-43)60(5,6)7/h15-36H,1-14H3. The molecule has 68 heavy (non-hydrogen) atoms. The smallest absolute Gasteiger partial charge is 0.268 e. The zero-order valence-corrected chi connectivity index (χ0v) is 43.3. The van der Waals surface area contributed by atoms with Crippen molar-refractivity contribution in [3.05, 3.63) is 161 Å². The van der Waals surface area contributed by atoms with Crippen molar-refractivity contribution in [1.29, 1.82) is 0 Å². The van der Waals surface area contributed by atoms with Crippen LogP contribution >= 0.6 is 11.3 Å². The van der Waals surface area contributed by atoms with Gasteiger partial charge in [-0.3, -0.25) is 0 Å². The van der Waals surface area contributed by atoms with Crippen molar-refractivity contribution in [3.63, 3.8) is 0 Å². The highest BCUT2D eigenvalue weighted by Crippen LogP contribution is 2.50. The maximum atomic E-state index is 7.27. The average molecular weight is 910 g/mol. The van der Waals surface area contributed by atoms with Gasteiger partial charge in [-0.05, 0) is 140 Å². The lowest BCUT2D eigenvalue weighted by Gasteiger charge is -2.40. The zero-order valence-electron chi connectivity index (χ0n) is 42.4. The third-order valence-corrected chi connectivity index (χ3v) is 15.9. The highest BCUT2D eigenvalue weighted by atomic mass is 32.1. The Balaban J connectivity index is 1.21. The molecule has 0 atom stereocenters. The fourth-order valence-corrected chi connectivity index (χ4v) is 12.0. The van der Waals surface area contributed by atoms with Crippen molar-refractivity contribution in [1.82, 2.24) is 4.57 Å². The highest BCUT2D eigenvalue weighted by molar-refractivity contribution is 7.33. The number of thiophene rings is 1. The van der Waals surface area contributed by atoms with E-state index in [-0.39, 0.29) is 28.4 Å². The summed E-state index contributed by atoms with van der Waals surface area (Å²) >= 11 is 1.90. The predicted octanol–water partition coefficient (Wildman–Crippen LogP) is 15.9. The molecule has 0 radical (unpaired) electrons. The summed E-state index contributed by atoms with van der Waals surface area (Å²) in [6, 6.07) is 51.3. The van der Waals surface area contributed by atoms with Crippen LogP contribution in [0, 0.1) is 6.92 Å². The lowest BCUT2D eigenvalue weighted by atomic mass is 9.36. The molecule has 0 saturated heterocycles. The molecular weight excluding hydrogens is 846 g/mol. The van der Waals surface area contributed by atoms with Gasteiger partial charge in [0.15, 0.2) is 0 Å². The number of aromatic nitrogens is 1. The third-order valence-electron chi connectivity index (χ3n) is 14.7. The fraction of sp³-hybridized carbons (Fsp3) is 0.290. The lowest BCUT2D eigenvalue weighted by molar-refractivity contribution is 0.494. The first kappa shape index (κ1) is 44.3. The van der Waals surface area contributed by atoms with Gasteiger partial charge >= 0.3 is 0 Å². The predicted molar refractivity (Wildman–Crippen MR) is 296 cm³/mol. The van der Waals surface area contributed by atoms with Crippen LogP contribution in [0.5, 0.6) is 11.5 Å². The summed E-state index contributed by atoms with van der Waals surface area (Å²) in [5.74, 6) is 1.95. The van der Waals surface area contributed by atoms with Crippen LogP contribution in [0.15, 0.2) is 133 Å². The molecule has 0 saturated carbocycles. The van der Waals surface area contributed by atoms with Gasteiger partial charge in [-0.15, -0.1) is 11.3 Å². The second-order valence-electron chi connectivity index (χ2n) is 23.7. The van der Waals surface area contributed by atoms with Crippen molar-refractivity contribution >= 4 is 99.8 Å². The molecule has 0 unspecified atom stereocenters. The van der Waals surface area contributed by atoms with Gasteiger partial charge in [0, 0.05) is 60.9 Å². The topological polar surface area (TPSA) is 20.6 Å². The van der Waals surface area contributed by atoms with Gasteiger partial charge in [-0.25, -0.2) is 0 Å². The molecule has 11 rings (SSSR count). The number of nitrogens with zero attached hydrogens (tertiary/aromatic N) is 3. The second kappa shape index (κ2) is 15.1. The van der Waals surface area contributed by atoms with E-state index >= 15 is 0 Å². The first-order valence-corrected chi connectivity index (χ1v) is 25.2. The summed E-state index contributed by atoms with van der Waals surface area (Å²) in [4.78, 5) is 5.05. The van der Waals surface area contributed by atoms with E-state index in [0.717, 1.165) is 34.2 Å². The van der Waals surface area contributed by atoms with Crippen LogP contribution in [-0.4, -0.2) is 11.3 Å². The molecule has 7 aromatic carbocycles. The van der Waals surface area contributed by atoms with Crippen molar-refractivity contribution in [2.24, 2.45) is 7.05 Å². The number of anilines is 6. The largest absolute Gasteiger partial charge is 0.457 e. The molecule has 342 valence electrons. The van der Waals surface area contributed by atoms with E-state index in [1.54, 1.807) is 0 Å². The summed E-state index contributed by atoms with van der Waals surface area (Å²) in [5, 5.41) is 3.67. The number of aryl methyl sites for hydroxylation is 2. The molecule has 4 nitrogen and oxygen atoms in total. The van der Waals surface area contributed by atoms with E-state index in [9.17, 15) is 0 Å². The van der Waals surface area contributed by atoms with Gasteiger partial charge in [0.25, 0.3) is 6.71 Å². The molecule has 0 bridgehead atoms. The first-order chi connectivity index (χ1) is 32.1. The average Bonchev–Trinajstić information content (AvgIpc) is 3.79. The molecule has 0 fully saturated rings. The van der Waals surface area contributed by atoms with Crippen LogP contribution in [0.3, 0.4) is 0 Å². The van der Waals surface area contributed by atoms with Crippen molar-refractivity contribution < 1.29 is 4.74 Å². The fourth-order valence-electron chi connectivity index (χ4n) is 10.8. The monoisotopic (exact) mass is 909 g/mol. The Morgan fingerprint density at radius 2 is 1.12 bits per heavy atom. The number of ether oxygens (including phenoxy) is 1. The summed E-state index contributed by atoms with van der Waals surface area (Å²) in [6.07, 6.45) is 0. The molecule has 0 amide bonds. The SMILES string of the molecule is Cc1cc2c3c(c1)N(c1cc(N(c4ccc(C(C)(C)C)cc4)c4ccc(C(C)(C)C)cc4)c4c5ccccc5n(C)c4c1)c1ccc(C(C)(C)C)cc1B3c1sc3ccc(C(C)(C)C)cc3c1O2. The maximum Gasteiger partial charge on any atom is 0.268 e. The Morgan fingerprint density at radius 3 is 1.74 bits per heavy atom. The number of hydrogen-bond acceptors (Lipinski definition) is 4. The molecule has 0 spiro atoms. The minimum absolute atomic E-state index is 0.00775. The van der Waals surface area contributed by atoms with E-state index in [1.165, 1.54) is 86.8 Å². The zero-order chi connectivity index (χ0) is 48.0. The minimum atomic E-state index is -0.0488. The summed E-state index contributed by atoms with van der Waals surface area (Å²) in [7, 11) is 2.23. The van der Waals surface area contributed by atoms with Gasteiger partial charge in [0.05, 0.1) is 16.9 Å². The van der Waals surface area contributed by atoms with Crippen molar-refractivity contribution in [2.45, 2.75) is 112 Å². The van der Waals surface area contributed by atoms with E-state index < -0.39 is 0 Å². The number of fused-ring (bicyclic) bond motifs is 9. The number of para-hydroxylation sites is 1. The number of hydrogen-bond donors (Lipinski definition) is 0. The first-order valence-electron chi connectivity index (χ1n) is 24.4. The van der Waals surface area contributed by atoms with Crippen LogP contribution in [-0.2, 0) is 28.7 Å². The molecule has 0 N–H and O–H groups in total. The Morgan fingerprint density at radius 1 is 0.544 bits per heavy atom. The molecule has 4 heterocycles. The number of benzene rings is 7. The van der Waals surface area contributed by atoms with Gasteiger partial charge in [0.1, 0.15) is 11.5 Å². The van der Waals surface area contributed by atoms with Gasteiger partial charge in [-0.2, -0.15) is 0 Å². The van der Waals surface area contributed by atoms with Gasteiger partial charge < -0.3 is 19.1 Å². The van der Waals surface area contributed by atoms with Gasteiger partial charge in [0.2, 0.25) is 0 Å². The van der Waals surface area contributed by atoms with Gasteiger partial charge in [-0.1, -0.05) is 144 Å². The van der Waals surface area contributed by atoms with Crippen LogP contribution < -0.4 is 30.2 Å². The molecular formula is C62H64BN3OS. The van der Waals surface area contributed by atoms with E-state index in [4.69, 9.17) is 4.74 Å². The maximum absolute atomic E-state index is 7.27. The summed E-state index contributed by atoms with van der Waals surface area (Å²) in [6.45, 7) is 29.8. The minimum Gasteiger partial charge on any atom is -0.457 e. The molecule has 2 aliphatic heterocycles. The highest BCUT2D eigenvalue weighted by Gasteiger charge is 2.45. The summed E-state index contributed by atoms with van der Waals surface area (Å²) in [5.41, 5.74) is 18.2. The quantitative estimate of drug-likeness (QED) is 0.164. The number of rotatable bonds is 4. The van der Waals surface area contributed by atoms with E-state index in [2.05, 4.69) is 245 Å². The Labute approximate surface area is 408 Å². The van der Waals surface area contributed by atoms with Crippen molar-refractivity contribution in [3.8, 4) is 11.5 Å². The summed E-state index contributed by atoms with van der Waals surface area (Å²) < 4.78 is 12.2. The third kappa shape index (κ3) is 7.08. The Hall–Kier alpha value is -6.24. The Bertz CT molecular complexity index is 3430. The van der Waals surface area contributed by atoms with Crippen LogP contribution in [0.4, 0.5) is 34.1 Å². The molecule has 9 aromatic rings. The molecule has 0 aliphatic carbocycles. The molecule has 6 heteroatoms. The van der Waals surface area contributed by atoms with Crippen LogP contribution in [0.25, 0.3) is 31.9 Å². The van der Waals surface area contributed by atoms with Crippen molar-refractivity contribution in [2.75, 3.05) is 9.80 Å².